The molecule has 0 radical (unpaired) electrons. The Morgan fingerprint density at radius 3 is 2.32 bits per heavy atom. The maximum Gasteiger partial charge on any atom is 0.224 e. The Morgan fingerprint density at radius 1 is 1.32 bits per heavy atom. The molecule has 0 aliphatic heterocycles. The molecule has 3 atom stereocenters. The number of hydrogen-bond acceptors (Lipinski definition) is 4. The summed E-state index contributed by atoms with van der Waals surface area (Å²) in [7, 11) is -2.05. The van der Waals surface area contributed by atoms with E-state index in [9.17, 15) is 4.79 Å². The molecule has 1 fully saturated rings. The highest BCUT2D eigenvalue weighted by atomic mass is 32.2. The van der Waals surface area contributed by atoms with Crippen molar-refractivity contribution in [1.82, 2.24) is 0 Å². The summed E-state index contributed by atoms with van der Waals surface area (Å²) in [6.45, 7) is 12.7. The molecule has 0 aromatic heterocycles. The fraction of sp³-hybridized carbons (Fsp3) is 0.941. The molecule has 0 aromatic rings. The van der Waals surface area contributed by atoms with E-state index >= 15 is 0 Å². The average molecular weight is 387 g/mol. The number of rotatable bonds is 8. The van der Waals surface area contributed by atoms with Gasteiger partial charge in [-0.05, 0) is 43.4 Å². The zero-order valence-corrected chi connectivity index (χ0v) is 18.3. The van der Waals surface area contributed by atoms with E-state index in [1.807, 2.05) is 6.92 Å². The van der Waals surface area contributed by atoms with Gasteiger partial charge < -0.3 is 10.2 Å². The Bertz CT molecular complexity index is 497. The molecular weight excluding hydrogens is 352 g/mol. The first kappa shape index (κ1) is 22.3. The van der Waals surface area contributed by atoms with Crippen LogP contribution in [0.25, 0.3) is 10.4 Å². The van der Waals surface area contributed by atoms with Gasteiger partial charge in [0.15, 0.2) is 8.32 Å². The molecule has 1 unspecified atom stereocenters. The van der Waals surface area contributed by atoms with Crippen LogP contribution in [0.3, 0.4) is 0 Å². The maximum atomic E-state index is 12.2. The van der Waals surface area contributed by atoms with Crippen LogP contribution in [0.15, 0.2) is 5.11 Å². The molecule has 1 rings (SSSR count). The Labute approximate surface area is 157 Å². The number of carbonyl (C=O) groups excluding carboxylic acids is 1. The molecule has 1 amide bonds. The highest BCUT2D eigenvalue weighted by Crippen LogP contribution is 2.40. The van der Waals surface area contributed by atoms with E-state index in [2.05, 4.69) is 43.9 Å². The third kappa shape index (κ3) is 6.51. The number of nitrogens with two attached hydrogens (primary N) is 1. The minimum Gasteiger partial charge on any atom is -0.413 e. The summed E-state index contributed by atoms with van der Waals surface area (Å²) in [6.07, 6.45) is 5.48. The van der Waals surface area contributed by atoms with E-state index in [-0.39, 0.29) is 11.1 Å². The molecule has 144 valence electrons. The minimum absolute atomic E-state index is 0.0357. The molecule has 0 bridgehead atoms. The summed E-state index contributed by atoms with van der Waals surface area (Å²) in [6, 6.07) is 0. The number of nitrogens with zero attached hydrogens (tertiary/aromatic N) is 3. The van der Waals surface area contributed by atoms with Crippen LogP contribution in [0, 0.1) is 5.92 Å². The van der Waals surface area contributed by atoms with Gasteiger partial charge in [0.1, 0.15) is 0 Å². The van der Waals surface area contributed by atoms with Gasteiger partial charge in [-0.25, -0.2) is 0 Å². The molecule has 6 nitrogen and oxygen atoms in total. The summed E-state index contributed by atoms with van der Waals surface area (Å²) >= 11 is 1.60. The summed E-state index contributed by atoms with van der Waals surface area (Å²) in [4.78, 5) is 15.2. The van der Waals surface area contributed by atoms with E-state index in [4.69, 9.17) is 15.7 Å². The minimum atomic E-state index is -2.05. The number of amides is 1. The van der Waals surface area contributed by atoms with Crippen molar-refractivity contribution in [2.24, 2.45) is 16.8 Å². The Morgan fingerprint density at radius 2 is 1.88 bits per heavy atom. The number of thioether (sulfide) groups is 1. The zero-order chi connectivity index (χ0) is 19.3. The smallest absolute Gasteiger partial charge is 0.224 e. The van der Waals surface area contributed by atoms with Crippen molar-refractivity contribution in [2.45, 2.75) is 94.7 Å². The first-order valence-corrected chi connectivity index (χ1v) is 13.0. The predicted molar refractivity (Wildman–Crippen MR) is 108 cm³/mol. The highest BCUT2D eigenvalue weighted by molar-refractivity contribution is 8.00. The second-order valence-corrected chi connectivity index (χ2v) is 14.7. The second kappa shape index (κ2) is 9.30. The van der Waals surface area contributed by atoms with Gasteiger partial charge in [0.25, 0.3) is 0 Å². The van der Waals surface area contributed by atoms with Crippen LogP contribution >= 0.6 is 11.8 Å². The van der Waals surface area contributed by atoms with Crippen molar-refractivity contribution >= 4 is 26.0 Å². The molecule has 8 heteroatoms. The predicted octanol–water partition coefficient (Wildman–Crippen LogP) is 5.20. The van der Waals surface area contributed by atoms with E-state index in [1.165, 1.54) is 19.3 Å². The lowest BCUT2D eigenvalue weighted by molar-refractivity contribution is -0.124. The van der Waals surface area contributed by atoms with E-state index in [0.717, 1.165) is 12.8 Å². The van der Waals surface area contributed by atoms with Crippen molar-refractivity contribution in [2.75, 3.05) is 0 Å². The quantitative estimate of drug-likeness (QED) is 0.268. The molecule has 0 aromatic carbocycles. The third-order valence-electron chi connectivity index (χ3n) is 5.48. The Balaban J connectivity index is 2.95. The van der Waals surface area contributed by atoms with Crippen LogP contribution in [0.1, 0.15) is 59.8 Å². The van der Waals surface area contributed by atoms with Crippen LogP contribution in [-0.4, -0.2) is 31.0 Å². The molecule has 0 saturated heterocycles. The zero-order valence-electron chi connectivity index (χ0n) is 16.5. The first-order valence-electron chi connectivity index (χ1n) is 9.16. The van der Waals surface area contributed by atoms with Gasteiger partial charge in [-0.1, -0.05) is 45.1 Å². The number of carbonyl (C=O) groups is 1. The molecule has 25 heavy (non-hydrogen) atoms. The van der Waals surface area contributed by atoms with Gasteiger partial charge in [0.05, 0.1) is 17.4 Å². The summed E-state index contributed by atoms with van der Waals surface area (Å²) in [5.41, 5.74) is 14.7. The molecule has 1 saturated carbocycles. The topological polar surface area (TPSA) is 101 Å². The van der Waals surface area contributed by atoms with Gasteiger partial charge in [-0.3, -0.25) is 4.79 Å². The summed E-state index contributed by atoms with van der Waals surface area (Å²) < 4.78 is 6.38. The molecule has 0 spiro atoms. The van der Waals surface area contributed by atoms with E-state index in [1.54, 1.807) is 11.8 Å². The highest BCUT2D eigenvalue weighted by Gasteiger charge is 2.42. The lowest BCUT2D eigenvalue weighted by Crippen LogP contribution is -2.49. The first-order chi connectivity index (χ1) is 11.5. The van der Waals surface area contributed by atoms with E-state index in [0.29, 0.717) is 5.25 Å². The molecule has 1 aliphatic carbocycles. The van der Waals surface area contributed by atoms with E-state index < -0.39 is 25.5 Å². The van der Waals surface area contributed by atoms with Crippen molar-refractivity contribution in [3.05, 3.63) is 10.4 Å². The van der Waals surface area contributed by atoms with Crippen LogP contribution in [-0.2, 0) is 9.22 Å². The molecule has 0 heterocycles. The van der Waals surface area contributed by atoms with Gasteiger partial charge in [0, 0.05) is 10.2 Å². The van der Waals surface area contributed by atoms with Gasteiger partial charge in [-0.15, -0.1) is 11.8 Å². The average Bonchev–Trinajstić information content (AvgIpc) is 2.46. The van der Waals surface area contributed by atoms with Crippen LogP contribution in [0.4, 0.5) is 0 Å². The number of primary amides is 1. The molecular formula is C17H34N4O2SSi. The lowest BCUT2D eigenvalue weighted by Gasteiger charge is -2.41. The monoisotopic (exact) mass is 386 g/mol. The summed E-state index contributed by atoms with van der Waals surface area (Å²) in [5, 5.41) is 3.88. The summed E-state index contributed by atoms with van der Waals surface area (Å²) in [5.74, 6) is -1.07. The standard InChI is InChI=1S/C17H34N4O2SSi/c1-12(23-25(5,6)17(2,3)4)14(15(18)22)16(20-21-19)24-13-10-8-7-9-11-13/h12-14,16H,7-11H2,1-6H3,(H2,18,22)/t12-,14+,16?/m1/s1. The van der Waals surface area contributed by atoms with Crippen molar-refractivity contribution in [3.63, 3.8) is 0 Å². The third-order valence-corrected chi connectivity index (χ3v) is 11.6. The van der Waals surface area contributed by atoms with Crippen molar-refractivity contribution in [3.8, 4) is 0 Å². The SMILES string of the molecule is C[C@@H](O[Si](C)(C)C(C)(C)C)[C@@H](C(N)=O)C(N=[N+]=[N-])SC1CCCCC1. The van der Waals surface area contributed by atoms with Crippen LogP contribution in [0.2, 0.25) is 18.1 Å². The lowest BCUT2D eigenvalue weighted by atomic mass is 10.0. The van der Waals surface area contributed by atoms with Crippen molar-refractivity contribution < 1.29 is 9.22 Å². The molecule has 1 aliphatic rings. The van der Waals surface area contributed by atoms with Crippen molar-refractivity contribution in [1.29, 1.82) is 0 Å². The fourth-order valence-electron chi connectivity index (χ4n) is 2.95. The molecule has 2 N–H and O–H groups in total. The number of hydrogen-bond donors (Lipinski definition) is 1. The largest absolute Gasteiger partial charge is 0.413 e. The van der Waals surface area contributed by atoms with Crippen LogP contribution < -0.4 is 5.73 Å². The number of azide groups is 1. The Hall–Kier alpha value is -0.693. The normalized spacial score (nSPS) is 20.4. The van der Waals surface area contributed by atoms with Gasteiger partial charge >= 0.3 is 0 Å². The van der Waals surface area contributed by atoms with Crippen LogP contribution in [0.5, 0.6) is 0 Å². The Kier molecular flexibility index (Phi) is 8.32. The second-order valence-electron chi connectivity index (χ2n) is 8.50. The maximum absolute atomic E-state index is 12.2. The van der Waals surface area contributed by atoms with Gasteiger partial charge in [-0.2, -0.15) is 0 Å². The van der Waals surface area contributed by atoms with Gasteiger partial charge in [0.2, 0.25) is 5.91 Å². The fourth-order valence-corrected chi connectivity index (χ4v) is 6.00.